The van der Waals surface area contributed by atoms with Gasteiger partial charge in [0, 0.05) is 19.6 Å². The number of likely N-dealkylation sites (tertiary alicyclic amines) is 1. The van der Waals surface area contributed by atoms with Crippen LogP contribution in [0.3, 0.4) is 0 Å². The van der Waals surface area contributed by atoms with Crippen LogP contribution in [0, 0.1) is 0 Å². The van der Waals surface area contributed by atoms with Crippen LogP contribution in [0.2, 0.25) is 0 Å². The van der Waals surface area contributed by atoms with Gasteiger partial charge in [-0.2, -0.15) is 0 Å². The molecule has 6 nitrogen and oxygen atoms in total. The van der Waals surface area contributed by atoms with Crippen molar-refractivity contribution in [1.82, 2.24) is 15.5 Å². The Kier molecular flexibility index (Phi) is 6.06. The quantitative estimate of drug-likeness (QED) is 0.656. The molecule has 1 fully saturated rings. The molecule has 0 aliphatic carbocycles. The highest BCUT2D eigenvalue weighted by Gasteiger charge is 2.34. The monoisotopic (exact) mass is 332 g/mol. The van der Waals surface area contributed by atoms with Crippen LogP contribution in [-0.4, -0.2) is 48.2 Å². The molecule has 1 saturated heterocycles. The van der Waals surface area contributed by atoms with Crippen molar-refractivity contribution in [1.29, 1.82) is 0 Å². The Balaban J connectivity index is 1.81. The van der Waals surface area contributed by atoms with E-state index in [1.54, 1.807) is 4.90 Å². The average molecular weight is 332 g/mol. The Morgan fingerprint density at radius 3 is 2.54 bits per heavy atom. The van der Waals surface area contributed by atoms with Crippen molar-refractivity contribution >= 4 is 12.1 Å². The first-order chi connectivity index (χ1) is 11.4. The van der Waals surface area contributed by atoms with Gasteiger partial charge in [-0.15, -0.1) is 0 Å². The Morgan fingerprint density at radius 2 is 1.96 bits per heavy atom. The first kappa shape index (κ1) is 18.1. The second-order valence-corrected chi connectivity index (χ2v) is 6.91. The molecule has 0 saturated carbocycles. The Morgan fingerprint density at radius 1 is 1.29 bits per heavy atom. The fourth-order valence-corrected chi connectivity index (χ4v) is 2.31. The predicted molar refractivity (Wildman–Crippen MR) is 96.0 cm³/mol. The Bertz CT molecular complexity index is 560. The van der Waals surface area contributed by atoms with Crippen molar-refractivity contribution in [2.45, 2.75) is 45.9 Å². The minimum atomic E-state index is -0.457. The van der Waals surface area contributed by atoms with E-state index in [4.69, 9.17) is 4.74 Å². The number of nitrogens with zero attached hydrogens (tertiary/aromatic N) is 2. The van der Waals surface area contributed by atoms with Crippen LogP contribution < -0.4 is 10.6 Å². The Hall–Kier alpha value is -2.24. The number of hydrogen-bond acceptors (Lipinski definition) is 3. The molecule has 1 amide bonds. The van der Waals surface area contributed by atoms with Gasteiger partial charge in [0.2, 0.25) is 0 Å². The normalized spacial score (nSPS) is 15.7. The number of carbonyl (C=O) groups is 1. The van der Waals surface area contributed by atoms with E-state index in [0.717, 1.165) is 12.5 Å². The molecule has 1 aliphatic heterocycles. The Labute approximate surface area is 144 Å². The van der Waals surface area contributed by atoms with Crippen LogP contribution >= 0.6 is 0 Å². The van der Waals surface area contributed by atoms with E-state index < -0.39 is 5.60 Å². The maximum Gasteiger partial charge on any atom is 0.410 e. The van der Waals surface area contributed by atoms with E-state index in [9.17, 15) is 4.79 Å². The third kappa shape index (κ3) is 5.76. The summed E-state index contributed by atoms with van der Waals surface area (Å²) in [7, 11) is 0. The van der Waals surface area contributed by atoms with E-state index in [2.05, 4.69) is 27.8 Å². The summed E-state index contributed by atoms with van der Waals surface area (Å²) in [5, 5.41) is 6.60. The predicted octanol–water partition coefficient (Wildman–Crippen LogP) is 2.36. The van der Waals surface area contributed by atoms with Crippen molar-refractivity contribution in [3.8, 4) is 0 Å². The van der Waals surface area contributed by atoms with Gasteiger partial charge in [-0.1, -0.05) is 30.3 Å². The van der Waals surface area contributed by atoms with Gasteiger partial charge in [-0.25, -0.2) is 9.79 Å². The molecule has 0 radical (unpaired) electrons. The highest BCUT2D eigenvalue weighted by atomic mass is 16.6. The number of aliphatic imine (C=N–C) groups is 1. The second-order valence-electron chi connectivity index (χ2n) is 6.91. The number of hydrogen-bond donors (Lipinski definition) is 2. The van der Waals surface area contributed by atoms with Crippen LogP contribution in [0.1, 0.15) is 33.3 Å². The van der Waals surface area contributed by atoms with Crippen LogP contribution in [-0.2, 0) is 11.3 Å². The summed E-state index contributed by atoms with van der Waals surface area (Å²) in [4.78, 5) is 18.2. The van der Waals surface area contributed by atoms with Gasteiger partial charge >= 0.3 is 6.09 Å². The lowest BCUT2D eigenvalue weighted by atomic mass is 10.1. The molecule has 2 rings (SSSR count). The topological polar surface area (TPSA) is 66.0 Å². The highest BCUT2D eigenvalue weighted by Crippen LogP contribution is 2.15. The van der Waals surface area contributed by atoms with E-state index in [0.29, 0.717) is 19.6 Å². The fraction of sp³-hybridized carbons (Fsp3) is 0.556. The third-order valence-electron chi connectivity index (χ3n) is 3.48. The number of guanidine groups is 1. The zero-order valence-electron chi connectivity index (χ0n) is 15.0. The molecule has 132 valence electrons. The molecule has 0 unspecified atom stereocenters. The van der Waals surface area contributed by atoms with Crippen LogP contribution in [0.4, 0.5) is 4.79 Å². The van der Waals surface area contributed by atoms with Gasteiger partial charge in [-0.3, -0.25) is 0 Å². The lowest BCUT2D eigenvalue weighted by molar-refractivity contribution is 0.00701. The SMILES string of the molecule is CCNC(=NCc1ccccc1)NC1CN(C(=O)OC(C)(C)C)C1. The molecule has 6 heteroatoms. The van der Waals surface area contributed by atoms with Crippen LogP contribution in [0.15, 0.2) is 35.3 Å². The van der Waals surface area contributed by atoms with Crippen molar-refractivity contribution < 1.29 is 9.53 Å². The summed E-state index contributed by atoms with van der Waals surface area (Å²) in [6, 6.07) is 10.3. The summed E-state index contributed by atoms with van der Waals surface area (Å²) in [6.45, 7) is 10.3. The number of amides is 1. The minimum Gasteiger partial charge on any atom is -0.444 e. The van der Waals surface area contributed by atoms with Crippen molar-refractivity contribution in [2.75, 3.05) is 19.6 Å². The third-order valence-corrected chi connectivity index (χ3v) is 3.48. The van der Waals surface area contributed by atoms with Crippen molar-refractivity contribution in [2.24, 2.45) is 4.99 Å². The van der Waals surface area contributed by atoms with Crippen LogP contribution in [0.5, 0.6) is 0 Å². The average Bonchev–Trinajstić information content (AvgIpc) is 2.47. The standard InChI is InChI=1S/C18H28N4O2/c1-5-19-16(20-11-14-9-7-6-8-10-14)21-15-12-22(13-15)17(23)24-18(2,3)4/h6-10,15H,5,11-13H2,1-4H3,(H2,19,20,21). The molecular formula is C18H28N4O2. The summed E-state index contributed by atoms with van der Waals surface area (Å²) >= 11 is 0. The molecule has 0 atom stereocenters. The van der Waals surface area contributed by atoms with E-state index in [1.807, 2.05) is 45.9 Å². The van der Waals surface area contributed by atoms with Gasteiger partial charge in [0.15, 0.2) is 5.96 Å². The maximum absolute atomic E-state index is 11.9. The fourth-order valence-electron chi connectivity index (χ4n) is 2.31. The second kappa shape index (κ2) is 8.04. The number of ether oxygens (including phenoxy) is 1. The molecule has 1 aliphatic rings. The maximum atomic E-state index is 11.9. The van der Waals surface area contributed by atoms with Gasteiger partial charge in [0.25, 0.3) is 0 Å². The van der Waals surface area contributed by atoms with Gasteiger partial charge < -0.3 is 20.3 Å². The van der Waals surface area contributed by atoms with E-state index in [-0.39, 0.29) is 12.1 Å². The molecule has 0 aromatic heterocycles. The number of rotatable bonds is 4. The van der Waals surface area contributed by atoms with E-state index >= 15 is 0 Å². The number of nitrogens with one attached hydrogen (secondary N) is 2. The summed E-state index contributed by atoms with van der Waals surface area (Å²) < 4.78 is 5.36. The zero-order valence-corrected chi connectivity index (χ0v) is 15.0. The van der Waals surface area contributed by atoms with Crippen molar-refractivity contribution in [3.05, 3.63) is 35.9 Å². The molecule has 0 spiro atoms. The van der Waals surface area contributed by atoms with Gasteiger partial charge in [-0.05, 0) is 33.3 Å². The molecule has 0 bridgehead atoms. The van der Waals surface area contributed by atoms with Gasteiger partial charge in [0.1, 0.15) is 5.60 Å². The molecule has 1 aromatic carbocycles. The number of benzene rings is 1. The lowest BCUT2D eigenvalue weighted by Crippen LogP contribution is -2.63. The van der Waals surface area contributed by atoms with Gasteiger partial charge in [0.05, 0.1) is 12.6 Å². The number of carbonyl (C=O) groups excluding carboxylic acids is 1. The van der Waals surface area contributed by atoms with E-state index in [1.165, 1.54) is 5.56 Å². The molecule has 1 heterocycles. The minimum absolute atomic E-state index is 0.200. The first-order valence-electron chi connectivity index (χ1n) is 8.44. The smallest absolute Gasteiger partial charge is 0.410 e. The van der Waals surface area contributed by atoms with Crippen LogP contribution in [0.25, 0.3) is 0 Å². The zero-order chi connectivity index (χ0) is 17.6. The summed E-state index contributed by atoms with van der Waals surface area (Å²) in [5.41, 5.74) is 0.709. The molecule has 2 N–H and O–H groups in total. The molecule has 24 heavy (non-hydrogen) atoms. The highest BCUT2D eigenvalue weighted by molar-refractivity contribution is 5.80. The lowest BCUT2D eigenvalue weighted by Gasteiger charge is -2.40. The molecular weight excluding hydrogens is 304 g/mol. The largest absolute Gasteiger partial charge is 0.444 e. The molecule has 1 aromatic rings. The van der Waals surface area contributed by atoms with Crippen molar-refractivity contribution in [3.63, 3.8) is 0 Å². The summed E-state index contributed by atoms with van der Waals surface area (Å²) in [5.74, 6) is 0.773. The first-order valence-corrected chi connectivity index (χ1v) is 8.44. The summed E-state index contributed by atoms with van der Waals surface area (Å²) in [6.07, 6.45) is -0.258.